The Balaban J connectivity index is 1.65. The van der Waals surface area contributed by atoms with Crippen LogP contribution in [0.3, 0.4) is 0 Å². The maximum Gasteiger partial charge on any atom is 0.150 e. The average molecular weight is 365 g/mol. The van der Waals surface area contributed by atoms with E-state index in [4.69, 9.17) is 0 Å². The topological polar surface area (TPSA) is 44.6 Å². The van der Waals surface area contributed by atoms with Gasteiger partial charge in [0.25, 0.3) is 0 Å². The van der Waals surface area contributed by atoms with E-state index in [1.54, 1.807) is 11.8 Å². The van der Waals surface area contributed by atoms with Crippen molar-refractivity contribution >= 4 is 23.7 Å². The molecular formula is C22H24N2OS. The number of aryl methyl sites for hydroxylation is 2. The van der Waals surface area contributed by atoms with Gasteiger partial charge in [-0.2, -0.15) is 0 Å². The van der Waals surface area contributed by atoms with Gasteiger partial charge in [0.1, 0.15) is 0 Å². The molecule has 26 heavy (non-hydrogen) atoms. The number of anilines is 1. The smallest absolute Gasteiger partial charge is 0.150 e. The molecule has 1 aliphatic rings. The summed E-state index contributed by atoms with van der Waals surface area (Å²) in [6, 6.07) is 14.3. The predicted molar refractivity (Wildman–Crippen MR) is 113 cm³/mol. The van der Waals surface area contributed by atoms with Crippen LogP contribution in [0.2, 0.25) is 0 Å². The molecule has 2 aromatic carbocycles. The van der Waals surface area contributed by atoms with Crippen molar-refractivity contribution in [2.45, 2.75) is 32.2 Å². The lowest BCUT2D eigenvalue weighted by molar-refractivity contribution is 0.208. The molecule has 0 radical (unpaired) electrons. The van der Waals surface area contributed by atoms with Gasteiger partial charge in [-0.05, 0) is 49.1 Å². The molecular weight excluding hydrogens is 340 g/mol. The van der Waals surface area contributed by atoms with Crippen LogP contribution in [0.5, 0.6) is 0 Å². The molecule has 0 aromatic heterocycles. The molecule has 1 atom stereocenters. The van der Waals surface area contributed by atoms with Gasteiger partial charge in [0.05, 0.1) is 0 Å². The molecule has 3 nitrogen and oxygen atoms in total. The highest BCUT2D eigenvalue weighted by Crippen LogP contribution is 2.25. The van der Waals surface area contributed by atoms with E-state index in [1.165, 1.54) is 21.6 Å². The summed E-state index contributed by atoms with van der Waals surface area (Å²) in [6.45, 7) is 4.12. The second-order valence-corrected chi connectivity index (χ2v) is 7.51. The number of hydrogen-bond donors (Lipinski definition) is 2. The summed E-state index contributed by atoms with van der Waals surface area (Å²) < 4.78 is 0. The van der Waals surface area contributed by atoms with E-state index >= 15 is 0 Å². The minimum Gasteiger partial charge on any atom is -0.369 e. The van der Waals surface area contributed by atoms with Gasteiger partial charge >= 0.3 is 0 Å². The Labute approximate surface area is 159 Å². The van der Waals surface area contributed by atoms with Gasteiger partial charge in [-0.1, -0.05) is 42.5 Å². The number of hydrogen-bond acceptors (Lipinski definition) is 4. The molecule has 134 valence electrons. The third-order valence-electron chi connectivity index (χ3n) is 4.05. The zero-order valence-corrected chi connectivity index (χ0v) is 16.0. The number of aliphatic hydroxyl groups is 1. The van der Waals surface area contributed by atoms with Crippen LogP contribution in [-0.4, -0.2) is 11.3 Å². The Morgan fingerprint density at radius 3 is 2.77 bits per heavy atom. The van der Waals surface area contributed by atoms with Gasteiger partial charge in [0.15, 0.2) is 6.23 Å². The molecule has 1 unspecified atom stereocenters. The summed E-state index contributed by atoms with van der Waals surface area (Å²) in [5.41, 5.74) is 5.34. The van der Waals surface area contributed by atoms with Crippen LogP contribution in [0.15, 0.2) is 70.7 Å². The largest absolute Gasteiger partial charge is 0.369 e. The first-order valence-electron chi connectivity index (χ1n) is 8.73. The van der Waals surface area contributed by atoms with Gasteiger partial charge in [-0.25, -0.2) is 0 Å². The second-order valence-electron chi connectivity index (χ2n) is 6.46. The number of thioether (sulfide) groups is 1. The average Bonchev–Trinajstić information content (AvgIpc) is 2.88. The third-order valence-corrected chi connectivity index (χ3v) is 5.13. The zero-order chi connectivity index (χ0) is 18.4. The summed E-state index contributed by atoms with van der Waals surface area (Å²) in [7, 11) is 0. The van der Waals surface area contributed by atoms with Gasteiger partial charge < -0.3 is 10.4 Å². The van der Waals surface area contributed by atoms with E-state index in [0.717, 1.165) is 23.4 Å². The summed E-state index contributed by atoms with van der Waals surface area (Å²) in [6.07, 6.45) is 8.14. The summed E-state index contributed by atoms with van der Waals surface area (Å²) >= 11 is 1.76. The number of aliphatic imine (C=N–C) groups is 1. The van der Waals surface area contributed by atoms with E-state index < -0.39 is 6.23 Å². The predicted octanol–water partition coefficient (Wildman–Crippen LogP) is 5.51. The minimum atomic E-state index is -0.732. The van der Waals surface area contributed by atoms with Crippen LogP contribution in [0.4, 0.5) is 5.69 Å². The van der Waals surface area contributed by atoms with Crippen molar-refractivity contribution in [1.29, 1.82) is 0 Å². The standard InChI is InChI=1S/C22H24N2OS/c1-16-10-17(2)12-20(11-16)24-22(25)19-7-5-6-18(13-19)15-26-21-8-3-4-9-23-14-21/h4-14,22,24-25H,3,15H2,1-2H3. The summed E-state index contributed by atoms with van der Waals surface area (Å²) in [4.78, 5) is 5.40. The van der Waals surface area contributed by atoms with Gasteiger partial charge in [-0.3, -0.25) is 4.99 Å². The monoisotopic (exact) mass is 364 g/mol. The summed E-state index contributed by atoms with van der Waals surface area (Å²) in [5.74, 6) is 0.849. The quantitative estimate of drug-likeness (QED) is 0.664. The number of benzene rings is 2. The van der Waals surface area contributed by atoms with E-state index in [2.05, 4.69) is 48.4 Å². The number of aliphatic hydroxyl groups excluding tert-OH is 1. The first kappa shape index (κ1) is 18.5. The van der Waals surface area contributed by atoms with Gasteiger partial charge in [0.2, 0.25) is 0 Å². The Morgan fingerprint density at radius 1 is 1.15 bits per heavy atom. The highest BCUT2D eigenvalue weighted by molar-refractivity contribution is 8.03. The van der Waals surface area contributed by atoms with Crippen molar-refractivity contribution in [2.24, 2.45) is 4.99 Å². The Bertz CT molecular complexity index is 835. The van der Waals surface area contributed by atoms with Crippen molar-refractivity contribution in [3.63, 3.8) is 0 Å². The lowest BCUT2D eigenvalue weighted by Gasteiger charge is -2.16. The first-order valence-corrected chi connectivity index (χ1v) is 9.71. The molecule has 0 fully saturated rings. The molecule has 0 saturated heterocycles. The molecule has 0 saturated carbocycles. The second kappa shape index (κ2) is 8.88. The Kier molecular flexibility index (Phi) is 6.31. The van der Waals surface area contributed by atoms with E-state index in [9.17, 15) is 5.11 Å². The number of nitrogens with zero attached hydrogens (tertiary/aromatic N) is 1. The molecule has 0 aliphatic carbocycles. The normalized spacial score (nSPS) is 14.7. The van der Waals surface area contributed by atoms with Crippen molar-refractivity contribution in [3.8, 4) is 0 Å². The minimum absolute atomic E-state index is 0.732. The highest BCUT2D eigenvalue weighted by Gasteiger charge is 2.09. The van der Waals surface area contributed by atoms with E-state index in [1.807, 2.05) is 42.8 Å². The molecule has 0 spiro atoms. The Hall–Kier alpha value is -2.30. The van der Waals surface area contributed by atoms with Crippen LogP contribution < -0.4 is 5.32 Å². The van der Waals surface area contributed by atoms with Crippen LogP contribution in [-0.2, 0) is 5.75 Å². The van der Waals surface area contributed by atoms with E-state index in [0.29, 0.717) is 0 Å². The fourth-order valence-corrected chi connectivity index (χ4v) is 3.75. The fourth-order valence-electron chi connectivity index (χ4n) is 2.89. The number of rotatable bonds is 6. The highest BCUT2D eigenvalue weighted by atomic mass is 32.2. The van der Waals surface area contributed by atoms with Crippen molar-refractivity contribution in [1.82, 2.24) is 0 Å². The van der Waals surface area contributed by atoms with Crippen molar-refractivity contribution in [3.05, 3.63) is 88.0 Å². The molecule has 1 aliphatic heterocycles. The van der Waals surface area contributed by atoms with E-state index in [-0.39, 0.29) is 0 Å². The maximum absolute atomic E-state index is 10.6. The maximum atomic E-state index is 10.6. The molecule has 3 rings (SSSR count). The van der Waals surface area contributed by atoms with Crippen molar-refractivity contribution < 1.29 is 5.11 Å². The number of allylic oxidation sites excluding steroid dienone is 3. The zero-order valence-electron chi connectivity index (χ0n) is 15.1. The Morgan fingerprint density at radius 2 is 1.96 bits per heavy atom. The lowest BCUT2D eigenvalue weighted by atomic mass is 10.1. The van der Waals surface area contributed by atoms with Crippen LogP contribution in [0, 0.1) is 13.8 Å². The first-order chi connectivity index (χ1) is 12.6. The molecule has 1 heterocycles. The third kappa shape index (κ3) is 5.35. The van der Waals surface area contributed by atoms with Crippen LogP contribution >= 0.6 is 11.8 Å². The van der Waals surface area contributed by atoms with Crippen molar-refractivity contribution in [2.75, 3.05) is 5.32 Å². The summed E-state index contributed by atoms with van der Waals surface area (Å²) in [5, 5.41) is 13.8. The van der Waals surface area contributed by atoms with Crippen LogP contribution in [0.1, 0.15) is 34.9 Å². The molecule has 0 bridgehead atoms. The molecule has 2 aromatic rings. The SMILES string of the molecule is Cc1cc(C)cc(NC(O)c2cccc(CSC3=CCC=CN=C3)c2)c1. The number of nitrogens with one attached hydrogen (secondary N) is 1. The van der Waals surface area contributed by atoms with Gasteiger partial charge in [0, 0.05) is 34.3 Å². The molecule has 2 N–H and O–H groups in total. The fraction of sp³-hybridized carbons (Fsp3) is 0.227. The molecule has 4 heteroatoms. The lowest BCUT2D eigenvalue weighted by Crippen LogP contribution is -2.10. The van der Waals surface area contributed by atoms with Gasteiger partial charge in [-0.15, -0.1) is 11.8 Å². The van der Waals surface area contributed by atoms with Crippen LogP contribution in [0.25, 0.3) is 0 Å². The molecule has 0 amide bonds.